The number of aromatic nitrogens is 3. The monoisotopic (exact) mass is 455 g/mol. The fourth-order valence-electron chi connectivity index (χ4n) is 5.26. The van der Waals surface area contributed by atoms with Crippen molar-refractivity contribution >= 4 is 44.6 Å². The van der Waals surface area contributed by atoms with E-state index >= 15 is 4.57 Å². The molecule has 3 aromatic carbocycles. The summed E-state index contributed by atoms with van der Waals surface area (Å²) >= 11 is 0. The summed E-state index contributed by atoms with van der Waals surface area (Å²) in [5, 5.41) is 6.48. The Hall–Kier alpha value is -4.14. The minimum atomic E-state index is -3.27. The van der Waals surface area contributed by atoms with Gasteiger partial charge in [0.05, 0.1) is 11.4 Å². The van der Waals surface area contributed by atoms with E-state index in [1.54, 1.807) is 18.6 Å². The van der Waals surface area contributed by atoms with Crippen LogP contribution < -0.4 is 15.9 Å². The molecule has 160 valence electrons. The molecule has 1 unspecified atom stereocenters. The van der Waals surface area contributed by atoms with Gasteiger partial charge < -0.3 is 4.57 Å². The Kier molecular flexibility index (Phi) is 4.08. The summed E-state index contributed by atoms with van der Waals surface area (Å²) in [6.45, 7) is 0. The smallest absolute Gasteiger partial charge is 0.175 e. The molecule has 0 spiro atoms. The van der Waals surface area contributed by atoms with Gasteiger partial charge in [-0.3, -0.25) is 15.0 Å². The van der Waals surface area contributed by atoms with Crippen LogP contribution in [0.1, 0.15) is 0 Å². The Morgan fingerprint density at radius 1 is 0.529 bits per heavy atom. The molecule has 0 bridgehead atoms. The highest BCUT2D eigenvalue weighted by atomic mass is 31.2. The first-order valence-corrected chi connectivity index (χ1v) is 12.8. The molecule has 34 heavy (non-hydrogen) atoms. The number of rotatable bonds is 1. The van der Waals surface area contributed by atoms with Gasteiger partial charge in [0, 0.05) is 57.2 Å². The molecule has 0 amide bonds. The number of benzene rings is 3. The van der Waals surface area contributed by atoms with Gasteiger partial charge in [-0.1, -0.05) is 54.6 Å². The molecule has 6 aromatic rings. The first-order chi connectivity index (χ1) is 16.8. The zero-order chi connectivity index (χ0) is 22.7. The fraction of sp³-hybridized carbons (Fsp3) is 0. The Morgan fingerprint density at radius 3 is 1.79 bits per heavy atom. The van der Waals surface area contributed by atoms with Crippen LogP contribution in [-0.4, -0.2) is 15.0 Å². The zero-order valence-electron chi connectivity index (χ0n) is 18.1. The highest BCUT2D eigenvalue weighted by Crippen LogP contribution is 2.53. The molecule has 0 saturated carbocycles. The number of nitrogens with zero attached hydrogens (tertiary/aromatic N) is 3. The second kappa shape index (κ2) is 7.18. The van der Waals surface area contributed by atoms with Crippen molar-refractivity contribution in [2.75, 3.05) is 0 Å². The van der Waals surface area contributed by atoms with Crippen LogP contribution in [0.25, 0.3) is 44.1 Å². The van der Waals surface area contributed by atoms with Crippen LogP contribution in [0.3, 0.4) is 0 Å². The lowest BCUT2D eigenvalue weighted by Crippen LogP contribution is -2.27. The molecule has 0 fully saturated rings. The largest absolute Gasteiger partial charge is 0.308 e. The lowest BCUT2D eigenvalue weighted by molar-refractivity contribution is 0.592. The second-order valence-electron chi connectivity index (χ2n) is 8.40. The molecule has 4 nitrogen and oxygen atoms in total. The number of hydrogen-bond donors (Lipinski definition) is 0. The van der Waals surface area contributed by atoms with Gasteiger partial charge in [-0.2, -0.15) is 0 Å². The van der Waals surface area contributed by atoms with Crippen molar-refractivity contribution in [3.8, 4) is 22.5 Å². The predicted octanol–water partition coefficient (Wildman–Crippen LogP) is 5.46. The molecule has 0 aliphatic carbocycles. The van der Waals surface area contributed by atoms with Gasteiger partial charge >= 0.3 is 0 Å². The molecule has 1 aliphatic rings. The van der Waals surface area contributed by atoms with Crippen LogP contribution in [0, 0.1) is 0 Å². The van der Waals surface area contributed by atoms with E-state index in [9.17, 15) is 0 Å². The van der Waals surface area contributed by atoms with Crippen molar-refractivity contribution in [1.82, 2.24) is 15.0 Å². The normalized spacial score (nSPS) is 16.5. The molecular formula is C29H18N3OP. The van der Waals surface area contributed by atoms with Crippen LogP contribution in [0.15, 0.2) is 110 Å². The van der Waals surface area contributed by atoms with Gasteiger partial charge in [0.25, 0.3) is 0 Å². The third-order valence-corrected chi connectivity index (χ3v) is 9.78. The molecule has 0 radical (unpaired) electrons. The fourth-order valence-corrected chi connectivity index (χ4v) is 8.19. The maximum Gasteiger partial charge on any atom is 0.175 e. The van der Waals surface area contributed by atoms with E-state index in [2.05, 4.69) is 17.1 Å². The van der Waals surface area contributed by atoms with Gasteiger partial charge in [0.15, 0.2) is 7.14 Å². The Balaban J connectivity index is 1.80. The molecule has 0 N–H and O–H groups in total. The summed E-state index contributed by atoms with van der Waals surface area (Å²) in [5.41, 5.74) is 3.42. The van der Waals surface area contributed by atoms with Crippen LogP contribution in [0.5, 0.6) is 0 Å². The average molecular weight is 455 g/mol. The summed E-state index contributed by atoms with van der Waals surface area (Å²) in [6, 6.07) is 27.7. The van der Waals surface area contributed by atoms with E-state index in [0.29, 0.717) is 0 Å². The number of fused-ring (bicyclic) bond motifs is 10. The molecule has 7 rings (SSSR count). The standard InChI is InChI=1S/C29H18N3OP/c33-34(19-8-2-1-3-9-19)24-12-6-15-31-28(24)26-21-11-5-4-10-20(21)23-18-30-17-14-22(23)27(26)29-25(34)13-7-16-32-29/h1-18H. The Morgan fingerprint density at radius 2 is 1.12 bits per heavy atom. The van der Waals surface area contributed by atoms with E-state index < -0.39 is 7.14 Å². The van der Waals surface area contributed by atoms with Crippen molar-refractivity contribution in [2.24, 2.45) is 0 Å². The van der Waals surface area contributed by atoms with Gasteiger partial charge in [0.2, 0.25) is 0 Å². The van der Waals surface area contributed by atoms with Crippen LogP contribution in [-0.2, 0) is 4.57 Å². The third-order valence-electron chi connectivity index (χ3n) is 6.67. The van der Waals surface area contributed by atoms with Gasteiger partial charge in [-0.25, -0.2) is 0 Å². The van der Waals surface area contributed by atoms with Crippen LogP contribution >= 0.6 is 7.14 Å². The summed E-state index contributed by atoms with van der Waals surface area (Å²) in [7, 11) is -3.27. The SMILES string of the molecule is O=P1(c2ccccc2)c2cccnc2-c2c(c3ccncc3c3ccccc23)-c2ncccc21. The first-order valence-electron chi connectivity index (χ1n) is 11.1. The second-order valence-corrected chi connectivity index (χ2v) is 11.1. The highest BCUT2D eigenvalue weighted by Gasteiger charge is 2.40. The van der Waals surface area contributed by atoms with Gasteiger partial charge in [-0.15, -0.1) is 0 Å². The molecule has 1 atom stereocenters. The molecule has 0 saturated heterocycles. The predicted molar refractivity (Wildman–Crippen MR) is 139 cm³/mol. The Bertz CT molecular complexity index is 1690. The molecular weight excluding hydrogens is 437 g/mol. The van der Waals surface area contributed by atoms with E-state index in [1.807, 2.05) is 79.0 Å². The molecule has 3 aromatic heterocycles. The Labute approximate surface area is 196 Å². The minimum Gasteiger partial charge on any atom is -0.308 e. The topological polar surface area (TPSA) is 55.7 Å². The number of pyridine rings is 3. The summed E-state index contributed by atoms with van der Waals surface area (Å²) in [6.07, 6.45) is 7.28. The quantitative estimate of drug-likeness (QED) is 0.244. The molecule has 1 aliphatic heterocycles. The zero-order valence-corrected chi connectivity index (χ0v) is 19.0. The number of hydrogen-bond acceptors (Lipinski definition) is 4. The van der Waals surface area contributed by atoms with E-state index in [1.165, 1.54) is 0 Å². The molecule has 4 heterocycles. The third kappa shape index (κ3) is 2.49. The van der Waals surface area contributed by atoms with Gasteiger partial charge in [-0.05, 0) is 46.5 Å². The lowest BCUT2D eigenvalue weighted by Gasteiger charge is -2.21. The van der Waals surface area contributed by atoms with E-state index in [-0.39, 0.29) is 0 Å². The van der Waals surface area contributed by atoms with Crippen LogP contribution in [0.4, 0.5) is 0 Å². The summed E-state index contributed by atoms with van der Waals surface area (Å²) in [4.78, 5) is 14.1. The first kappa shape index (κ1) is 19.3. The summed E-state index contributed by atoms with van der Waals surface area (Å²) < 4.78 is 15.3. The van der Waals surface area contributed by atoms with Crippen molar-refractivity contribution in [1.29, 1.82) is 0 Å². The maximum absolute atomic E-state index is 15.3. The minimum absolute atomic E-state index is 0.739. The van der Waals surface area contributed by atoms with Crippen LogP contribution in [0.2, 0.25) is 0 Å². The molecule has 5 heteroatoms. The highest BCUT2D eigenvalue weighted by molar-refractivity contribution is 7.85. The van der Waals surface area contributed by atoms with Crippen molar-refractivity contribution in [2.45, 2.75) is 0 Å². The average Bonchev–Trinajstić information content (AvgIpc) is 3.02. The van der Waals surface area contributed by atoms with E-state index in [4.69, 9.17) is 9.97 Å². The van der Waals surface area contributed by atoms with Crippen molar-refractivity contribution < 1.29 is 4.57 Å². The maximum atomic E-state index is 15.3. The van der Waals surface area contributed by atoms with Crippen molar-refractivity contribution in [3.63, 3.8) is 0 Å². The van der Waals surface area contributed by atoms with Crippen molar-refractivity contribution in [3.05, 3.63) is 110 Å². The van der Waals surface area contributed by atoms with Gasteiger partial charge in [0.1, 0.15) is 0 Å². The van der Waals surface area contributed by atoms with E-state index in [0.717, 1.165) is 60.0 Å². The summed E-state index contributed by atoms with van der Waals surface area (Å²) in [5.74, 6) is 0. The lowest BCUT2D eigenvalue weighted by atomic mass is 9.89.